The molecule has 0 radical (unpaired) electrons. The van der Waals surface area contributed by atoms with Gasteiger partial charge in [-0.05, 0) is 23.3 Å². The van der Waals surface area contributed by atoms with E-state index in [0.717, 1.165) is 0 Å². The van der Waals surface area contributed by atoms with Crippen LogP contribution in [0.2, 0.25) is 0 Å². The maximum atomic E-state index is 3.52. The van der Waals surface area contributed by atoms with E-state index in [1.165, 1.54) is 49.9 Å². The summed E-state index contributed by atoms with van der Waals surface area (Å²) in [4.78, 5) is 3.52. The van der Waals surface area contributed by atoms with Crippen LogP contribution in [0.4, 0.5) is 0 Å². The van der Waals surface area contributed by atoms with E-state index in [1.807, 2.05) is 0 Å². The lowest BCUT2D eigenvalue weighted by Gasteiger charge is -2.11. The summed E-state index contributed by atoms with van der Waals surface area (Å²) in [7, 11) is 0. The summed E-state index contributed by atoms with van der Waals surface area (Å²) in [5.41, 5.74) is 10.1. The van der Waals surface area contributed by atoms with Crippen molar-refractivity contribution in [1.82, 2.24) is 9.55 Å². The topological polar surface area (TPSA) is 20.7 Å². The minimum atomic E-state index is 1.21. The molecule has 2 heteroatoms. The number of nitrogens with one attached hydrogen (secondary N) is 1. The fourth-order valence-corrected chi connectivity index (χ4v) is 4.16. The summed E-state index contributed by atoms with van der Waals surface area (Å²) >= 11 is 0. The molecule has 0 spiro atoms. The number of nitrogens with zero attached hydrogens (tertiary/aromatic N) is 1. The third kappa shape index (κ3) is 1.32. The highest BCUT2D eigenvalue weighted by Gasteiger charge is 2.24. The van der Waals surface area contributed by atoms with Crippen molar-refractivity contribution in [3.8, 4) is 27.9 Å². The number of benzene rings is 3. The van der Waals surface area contributed by atoms with E-state index in [4.69, 9.17) is 0 Å². The second kappa shape index (κ2) is 4.18. The molecule has 0 amide bonds. The van der Waals surface area contributed by atoms with E-state index in [9.17, 15) is 0 Å². The van der Waals surface area contributed by atoms with E-state index < -0.39 is 0 Å². The van der Waals surface area contributed by atoms with Gasteiger partial charge in [0.25, 0.3) is 0 Å². The third-order valence-electron chi connectivity index (χ3n) is 5.14. The zero-order valence-corrected chi connectivity index (χ0v) is 13.0. The van der Waals surface area contributed by atoms with E-state index in [-0.39, 0.29) is 0 Å². The average Bonchev–Trinajstić information content (AvgIpc) is 3.16. The number of aromatic amines is 1. The summed E-state index contributed by atoms with van der Waals surface area (Å²) in [5.74, 6) is 0. The molecule has 0 saturated carbocycles. The SMILES string of the molecule is c1ccc2c(c1)-c1ccccc1-n1c3ccccc3c3[nH]cc-2c31. The Kier molecular flexibility index (Phi) is 2.12. The van der Waals surface area contributed by atoms with Crippen molar-refractivity contribution in [3.63, 3.8) is 0 Å². The highest BCUT2D eigenvalue weighted by Crippen LogP contribution is 2.46. The maximum Gasteiger partial charge on any atom is 0.0798 e. The van der Waals surface area contributed by atoms with Gasteiger partial charge in [-0.25, -0.2) is 0 Å². The van der Waals surface area contributed by atoms with Crippen molar-refractivity contribution < 1.29 is 0 Å². The summed E-state index contributed by atoms with van der Waals surface area (Å²) < 4.78 is 2.41. The number of aromatic nitrogens is 2. The smallest absolute Gasteiger partial charge is 0.0798 e. The van der Waals surface area contributed by atoms with Gasteiger partial charge >= 0.3 is 0 Å². The Labute approximate surface area is 139 Å². The molecule has 2 nitrogen and oxygen atoms in total. The molecule has 0 aliphatic carbocycles. The predicted molar refractivity (Wildman–Crippen MR) is 99.6 cm³/mol. The van der Waals surface area contributed by atoms with Crippen LogP contribution in [-0.4, -0.2) is 9.55 Å². The number of fused-ring (bicyclic) bond motifs is 8. The van der Waals surface area contributed by atoms with E-state index in [2.05, 4.69) is 88.5 Å². The molecule has 3 heterocycles. The molecule has 0 saturated heterocycles. The molecule has 112 valence electrons. The Bertz CT molecular complexity index is 1250. The predicted octanol–water partition coefficient (Wildman–Crippen LogP) is 5.76. The monoisotopic (exact) mass is 306 g/mol. The first-order chi connectivity index (χ1) is 11.9. The molecule has 0 atom stereocenters. The summed E-state index contributed by atoms with van der Waals surface area (Å²) in [6.07, 6.45) is 2.15. The summed E-state index contributed by atoms with van der Waals surface area (Å²) in [5, 5.41) is 1.27. The van der Waals surface area contributed by atoms with Crippen molar-refractivity contribution in [2.75, 3.05) is 0 Å². The normalized spacial score (nSPS) is 12.2. The molecular weight excluding hydrogens is 292 g/mol. The second-order valence-electron chi connectivity index (χ2n) is 6.34. The van der Waals surface area contributed by atoms with Gasteiger partial charge in [0.05, 0.1) is 22.2 Å². The standard InChI is InChI=1S/C22H14N2/c1-2-8-15-14(7-1)16-9-3-5-11-19(16)24-20-12-6-4-10-17(20)21-22(24)18(15)13-23-21/h1-13,23H. The van der Waals surface area contributed by atoms with Crippen molar-refractivity contribution >= 4 is 21.9 Å². The van der Waals surface area contributed by atoms with Gasteiger partial charge in [-0.15, -0.1) is 0 Å². The van der Waals surface area contributed by atoms with Crippen LogP contribution in [-0.2, 0) is 0 Å². The molecular formula is C22H14N2. The molecule has 3 aromatic carbocycles. The Morgan fingerprint density at radius 1 is 0.625 bits per heavy atom. The number of hydrogen-bond acceptors (Lipinski definition) is 0. The first kappa shape index (κ1) is 12.2. The van der Waals surface area contributed by atoms with Crippen LogP contribution >= 0.6 is 0 Å². The highest BCUT2D eigenvalue weighted by molar-refractivity contribution is 6.15. The first-order valence-corrected chi connectivity index (χ1v) is 8.23. The number of hydrogen-bond donors (Lipinski definition) is 1. The fraction of sp³-hybridized carbons (Fsp3) is 0. The van der Waals surface area contributed by atoms with Crippen LogP contribution < -0.4 is 0 Å². The maximum absolute atomic E-state index is 3.52. The van der Waals surface area contributed by atoms with E-state index in [0.29, 0.717) is 0 Å². The Morgan fingerprint density at radius 3 is 2.17 bits per heavy atom. The third-order valence-corrected chi connectivity index (χ3v) is 5.14. The lowest BCUT2D eigenvalue weighted by Crippen LogP contribution is -1.94. The van der Waals surface area contributed by atoms with Crippen LogP contribution in [0.1, 0.15) is 0 Å². The van der Waals surface area contributed by atoms with Gasteiger partial charge in [0, 0.05) is 22.7 Å². The van der Waals surface area contributed by atoms with Crippen molar-refractivity contribution in [3.05, 3.63) is 79.0 Å². The second-order valence-corrected chi connectivity index (χ2v) is 6.34. The lowest BCUT2D eigenvalue weighted by atomic mass is 9.96. The molecule has 1 aliphatic heterocycles. The van der Waals surface area contributed by atoms with Crippen LogP contribution in [0.3, 0.4) is 0 Å². The van der Waals surface area contributed by atoms with E-state index >= 15 is 0 Å². The van der Waals surface area contributed by atoms with Crippen molar-refractivity contribution in [2.24, 2.45) is 0 Å². The zero-order chi connectivity index (χ0) is 15.7. The quantitative estimate of drug-likeness (QED) is 0.368. The lowest BCUT2D eigenvalue weighted by molar-refractivity contribution is 1.19. The Morgan fingerprint density at radius 2 is 1.29 bits per heavy atom. The van der Waals surface area contributed by atoms with Gasteiger partial charge in [0.2, 0.25) is 0 Å². The molecule has 2 aromatic heterocycles. The molecule has 1 N–H and O–H groups in total. The largest absolute Gasteiger partial charge is 0.359 e. The van der Waals surface area contributed by atoms with Crippen LogP contribution in [0.25, 0.3) is 49.9 Å². The Balaban J connectivity index is 1.97. The van der Waals surface area contributed by atoms with Crippen molar-refractivity contribution in [1.29, 1.82) is 0 Å². The molecule has 24 heavy (non-hydrogen) atoms. The van der Waals surface area contributed by atoms with Gasteiger partial charge in [-0.3, -0.25) is 0 Å². The minimum Gasteiger partial charge on any atom is -0.359 e. The molecule has 0 fully saturated rings. The van der Waals surface area contributed by atoms with Crippen molar-refractivity contribution in [2.45, 2.75) is 0 Å². The zero-order valence-electron chi connectivity index (χ0n) is 13.0. The molecule has 5 aromatic rings. The Hall–Kier alpha value is -3.26. The van der Waals surface area contributed by atoms with Crippen LogP contribution in [0.5, 0.6) is 0 Å². The average molecular weight is 306 g/mol. The van der Waals surface area contributed by atoms with Gasteiger partial charge in [-0.1, -0.05) is 60.7 Å². The number of para-hydroxylation sites is 2. The van der Waals surface area contributed by atoms with Gasteiger partial charge in [0.1, 0.15) is 0 Å². The van der Waals surface area contributed by atoms with E-state index in [1.54, 1.807) is 0 Å². The fourth-order valence-electron chi connectivity index (χ4n) is 4.16. The van der Waals surface area contributed by atoms with Gasteiger partial charge < -0.3 is 9.55 Å². The molecule has 0 bridgehead atoms. The van der Waals surface area contributed by atoms with Crippen LogP contribution in [0, 0.1) is 0 Å². The first-order valence-electron chi connectivity index (χ1n) is 8.23. The molecule has 6 rings (SSSR count). The highest BCUT2D eigenvalue weighted by atomic mass is 15.0. The minimum absolute atomic E-state index is 1.21. The number of H-pyrrole nitrogens is 1. The van der Waals surface area contributed by atoms with Gasteiger partial charge in [0.15, 0.2) is 0 Å². The molecule has 1 aliphatic rings. The molecule has 0 unspecified atom stereocenters. The summed E-state index contributed by atoms with van der Waals surface area (Å²) in [6, 6.07) is 26.0. The van der Waals surface area contributed by atoms with Crippen LogP contribution in [0.15, 0.2) is 79.0 Å². The van der Waals surface area contributed by atoms with Gasteiger partial charge in [-0.2, -0.15) is 0 Å². The summed E-state index contributed by atoms with van der Waals surface area (Å²) in [6.45, 7) is 0. The number of rotatable bonds is 0.